The van der Waals surface area contributed by atoms with Crippen molar-refractivity contribution in [3.63, 3.8) is 0 Å². The highest BCUT2D eigenvalue weighted by Gasteiger charge is 2.18. The molecule has 0 atom stereocenters. The highest BCUT2D eigenvalue weighted by Crippen LogP contribution is 2.39. The summed E-state index contributed by atoms with van der Waals surface area (Å²) in [5.41, 5.74) is 4.40. The predicted molar refractivity (Wildman–Crippen MR) is 154 cm³/mol. The third-order valence-corrected chi connectivity index (χ3v) is 5.95. The lowest BCUT2D eigenvalue weighted by atomic mass is 10.2. The van der Waals surface area contributed by atoms with Gasteiger partial charge in [-0.2, -0.15) is 4.98 Å². The lowest BCUT2D eigenvalue weighted by Gasteiger charge is -2.26. The highest BCUT2D eigenvalue weighted by atomic mass is 79.9. The average molecular weight is 563 g/mol. The average Bonchev–Trinajstić information content (AvgIpc) is 2.96. The molecule has 0 N–H and O–H groups in total. The molecular weight excluding hydrogens is 530 g/mol. The first-order chi connectivity index (χ1) is 18.0. The molecule has 1 amide bonds. The summed E-state index contributed by atoms with van der Waals surface area (Å²) >= 11 is 3.50. The SMILES string of the molecule is CC.CN(C=O)c1cc(Br)ccc1N(C)c1ccc(OCc2ccccc2)nc1OCc1ccccc1. The predicted octanol–water partition coefficient (Wildman–Crippen LogP) is 7.39. The van der Waals surface area contributed by atoms with Crippen LogP contribution < -0.4 is 19.3 Å². The zero-order valence-electron chi connectivity index (χ0n) is 21.6. The van der Waals surface area contributed by atoms with Crippen LogP contribution in [0.5, 0.6) is 11.8 Å². The Kier molecular flexibility index (Phi) is 10.5. The number of carbonyl (C=O) groups is 1. The van der Waals surface area contributed by atoms with Gasteiger partial charge in [-0.1, -0.05) is 90.4 Å². The second-order valence-corrected chi connectivity index (χ2v) is 8.85. The number of pyridine rings is 1. The highest BCUT2D eigenvalue weighted by molar-refractivity contribution is 9.10. The van der Waals surface area contributed by atoms with Gasteiger partial charge in [0.2, 0.25) is 18.2 Å². The Balaban J connectivity index is 0.00000186. The van der Waals surface area contributed by atoms with Crippen molar-refractivity contribution in [1.82, 2.24) is 4.98 Å². The smallest absolute Gasteiger partial charge is 0.241 e. The summed E-state index contributed by atoms with van der Waals surface area (Å²) in [5.74, 6) is 0.902. The molecule has 192 valence electrons. The fourth-order valence-corrected chi connectivity index (χ4v) is 3.91. The molecule has 0 aliphatic carbocycles. The van der Waals surface area contributed by atoms with Gasteiger partial charge in [-0.3, -0.25) is 4.79 Å². The van der Waals surface area contributed by atoms with E-state index in [-0.39, 0.29) is 0 Å². The van der Waals surface area contributed by atoms with E-state index in [4.69, 9.17) is 9.47 Å². The van der Waals surface area contributed by atoms with Crippen molar-refractivity contribution in [2.45, 2.75) is 27.1 Å². The standard InChI is InChI=1S/C28H26BrN3O3.C2H6/c1-31(20-33)26-17-23(29)13-14-24(26)32(2)25-15-16-27(34-18-21-9-5-3-6-10-21)30-28(25)35-19-22-11-7-4-8-12-22;1-2/h3-17,20H,18-19H2,1-2H3;1-2H3. The number of benzene rings is 3. The van der Waals surface area contributed by atoms with Crippen molar-refractivity contribution in [2.75, 3.05) is 23.9 Å². The van der Waals surface area contributed by atoms with Gasteiger partial charge in [0, 0.05) is 24.6 Å². The van der Waals surface area contributed by atoms with E-state index in [1.807, 2.05) is 117 Å². The number of anilines is 3. The molecule has 3 aromatic carbocycles. The minimum absolute atomic E-state index is 0.359. The van der Waals surface area contributed by atoms with E-state index in [0.717, 1.165) is 39.1 Å². The number of amides is 1. The maximum atomic E-state index is 11.5. The van der Waals surface area contributed by atoms with Crippen LogP contribution in [0.4, 0.5) is 17.1 Å². The molecule has 0 unspecified atom stereocenters. The van der Waals surface area contributed by atoms with Gasteiger partial charge >= 0.3 is 0 Å². The molecule has 4 rings (SSSR count). The molecule has 4 aromatic rings. The van der Waals surface area contributed by atoms with Gasteiger partial charge in [-0.15, -0.1) is 0 Å². The summed E-state index contributed by atoms with van der Waals surface area (Å²) in [6, 6.07) is 29.4. The van der Waals surface area contributed by atoms with Crippen LogP contribution in [0, 0.1) is 0 Å². The number of carbonyl (C=O) groups excluding carboxylic acids is 1. The Bertz CT molecular complexity index is 1270. The Labute approximate surface area is 227 Å². The first-order valence-electron chi connectivity index (χ1n) is 12.1. The molecule has 0 aliphatic heterocycles. The third-order valence-electron chi connectivity index (χ3n) is 5.46. The van der Waals surface area contributed by atoms with Crippen molar-refractivity contribution in [1.29, 1.82) is 0 Å². The van der Waals surface area contributed by atoms with Crippen molar-refractivity contribution in [2.24, 2.45) is 0 Å². The van der Waals surface area contributed by atoms with Crippen LogP contribution in [-0.2, 0) is 18.0 Å². The van der Waals surface area contributed by atoms with Crippen LogP contribution in [0.15, 0.2) is 95.5 Å². The number of rotatable bonds is 10. The molecule has 1 heterocycles. The number of hydrogen-bond acceptors (Lipinski definition) is 5. The summed E-state index contributed by atoms with van der Waals surface area (Å²) in [7, 11) is 3.64. The van der Waals surface area contributed by atoms with Crippen LogP contribution in [0.3, 0.4) is 0 Å². The molecule has 6 nitrogen and oxygen atoms in total. The van der Waals surface area contributed by atoms with Gasteiger partial charge in [0.05, 0.1) is 11.4 Å². The summed E-state index contributed by atoms with van der Waals surface area (Å²) in [6.07, 6.45) is 0.782. The van der Waals surface area contributed by atoms with Crippen molar-refractivity contribution >= 4 is 39.4 Å². The second-order valence-electron chi connectivity index (χ2n) is 7.93. The fourth-order valence-electron chi connectivity index (χ4n) is 3.56. The number of hydrogen-bond donors (Lipinski definition) is 0. The monoisotopic (exact) mass is 561 g/mol. The Morgan fingerprint density at radius 1 is 0.757 bits per heavy atom. The molecule has 0 fully saturated rings. The zero-order valence-corrected chi connectivity index (χ0v) is 23.2. The lowest BCUT2D eigenvalue weighted by molar-refractivity contribution is -0.107. The maximum absolute atomic E-state index is 11.5. The summed E-state index contributed by atoms with van der Waals surface area (Å²) in [4.78, 5) is 19.7. The van der Waals surface area contributed by atoms with E-state index in [0.29, 0.717) is 25.0 Å². The number of aromatic nitrogens is 1. The Hall–Kier alpha value is -3.84. The molecule has 0 radical (unpaired) electrons. The topological polar surface area (TPSA) is 54.9 Å². The van der Waals surface area contributed by atoms with Crippen LogP contribution in [0.25, 0.3) is 0 Å². The normalized spacial score (nSPS) is 10.1. The molecule has 37 heavy (non-hydrogen) atoms. The quantitative estimate of drug-likeness (QED) is 0.189. The van der Waals surface area contributed by atoms with Crippen molar-refractivity contribution in [3.8, 4) is 11.8 Å². The number of nitrogens with zero attached hydrogens (tertiary/aromatic N) is 3. The zero-order chi connectivity index (χ0) is 26.6. The molecular formula is C30H32BrN3O3. The largest absolute Gasteiger partial charge is 0.473 e. The lowest BCUT2D eigenvalue weighted by Crippen LogP contribution is -2.20. The second kappa shape index (κ2) is 14.0. The minimum Gasteiger partial charge on any atom is -0.473 e. The van der Waals surface area contributed by atoms with Crippen LogP contribution in [-0.4, -0.2) is 25.5 Å². The first kappa shape index (κ1) is 27.7. The first-order valence-corrected chi connectivity index (χ1v) is 12.9. The number of halogens is 1. The third kappa shape index (κ3) is 7.57. The van der Waals surface area contributed by atoms with Crippen LogP contribution >= 0.6 is 15.9 Å². The molecule has 0 aliphatic rings. The summed E-state index contributed by atoms with van der Waals surface area (Å²) in [6.45, 7) is 4.76. The molecule has 0 saturated carbocycles. The van der Waals surface area contributed by atoms with Gasteiger partial charge < -0.3 is 19.3 Å². The summed E-state index contributed by atoms with van der Waals surface area (Å²) in [5, 5.41) is 0. The van der Waals surface area contributed by atoms with E-state index in [1.165, 1.54) is 4.90 Å². The van der Waals surface area contributed by atoms with E-state index in [2.05, 4.69) is 20.9 Å². The van der Waals surface area contributed by atoms with Gasteiger partial charge in [0.25, 0.3) is 0 Å². The van der Waals surface area contributed by atoms with E-state index < -0.39 is 0 Å². The van der Waals surface area contributed by atoms with Gasteiger partial charge in [0.1, 0.15) is 18.9 Å². The van der Waals surface area contributed by atoms with Crippen LogP contribution in [0.2, 0.25) is 0 Å². The Morgan fingerprint density at radius 3 is 1.92 bits per heavy atom. The molecule has 0 saturated heterocycles. The minimum atomic E-state index is 0.359. The number of ether oxygens (including phenoxy) is 2. The van der Waals surface area contributed by atoms with E-state index >= 15 is 0 Å². The summed E-state index contributed by atoms with van der Waals surface area (Å²) < 4.78 is 13.0. The molecule has 0 bridgehead atoms. The fraction of sp³-hybridized carbons (Fsp3) is 0.200. The molecule has 7 heteroatoms. The molecule has 1 aromatic heterocycles. The van der Waals surface area contributed by atoms with Gasteiger partial charge in [0.15, 0.2) is 0 Å². The van der Waals surface area contributed by atoms with E-state index in [9.17, 15) is 4.79 Å². The van der Waals surface area contributed by atoms with Gasteiger partial charge in [-0.25, -0.2) is 0 Å². The van der Waals surface area contributed by atoms with E-state index in [1.54, 1.807) is 7.05 Å². The molecule has 0 spiro atoms. The van der Waals surface area contributed by atoms with Crippen molar-refractivity contribution < 1.29 is 14.3 Å². The van der Waals surface area contributed by atoms with Gasteiger partial charge in [-0.05, 0) is 35.4 Å². The Morgan fingerprint density at radius 2 is 1.32 bits per heavy atom. The van der Waals surface area contributed by atoms with Crippen molar-refractivity contribution in [3.05, 3.63) is 107 Å². The van der Waals surface area contributed by atoms with Crippen LogP contribution in [0.1, 0.15) is 25.0 Å². The maximum Gasteiger partial charge on any atom is 0.241 e.